The Bertz CT molecular complexity index is 1040. The quantitative estimate of drug-likeness (QED) is 0.655. The highest BCUT2D eigenvalue weighted by Crippen LogP contribution is 2.36. The van der Waals surface area contributed by atoms with Crippen LogP contribution < -0.4 is 9.80 Å². The largest absolute Gasteiger partial charge is 0.300 e. The minimum atomic E-state index is -0.695. The lowest BCUT2D eigenvalue weighted by Crippen LogP contribution is -2.56. The van der Waals surface area contributed by atoms with E-state index in [1.165, 1.54) is 0 Å². The molecule has 1 heterocycles. The van der Waals surface area contributed by atoms with Crippen molar-refractivity contribution in [1.82, 2.24) is 0 Å². The van der Waals surface area contributed by atoms with Gasteiger partial charge in [0, 0.05) is 5.69 Å². The van der Waals surface area contributed by atoms with E-state index in [0.717, 1.165) is 33.6 Å². The van der Waals surface area contributed by atoms with Crippen LogP contribution in [0.15, 0.2) is 72.8 Å². The number of carbonyl (C=O) groups excluding carboxylic acids is 2. The molecule has 3 aromatic carbocycles. The number of hydrogen-bond donors (Lipinski definition) is 0. The van der Waals surface area contributed by atoms with Gasteiger partial charge in [-0.2, -0.15) is 0 Å². The summed E-state index contributed by atoms with van der Waals surface area (Å²) in [5, 5.41) is 0. The van der Waals surface area contributed by atoms with Crippen LogP contribution in [-0.2, 0) is 9.59 Å². The van der Waals surface area contributed by atoms with Crippen molar-refractivity contribution >= 4 is 23.2 Å². The summed E-state index contributed by atoms with van der Waals surface area (Å²) in [4.78, 5) is 30.4. The fourth-order valence-electron chi connectivity index (χ4n) is 4.04. The molecule has 2 amide bonds. The molecule has 0 saturated carbocycles. The third-order valence-electron chi connectivity index (χ3n) is 5.46. The van der Waals surface area contributed by atoms with Crippen molar-refractivity contribution in [3.63, 3.8) is 0 Å². The van der Waals surface area contributed by atoms with E-state index < -0.39 is 6.04 Å². The summed E-state index contributed by atoms with van der Waals surface area (Å²) in [6.45, 7) is 5.99. The minimum absolute atomic E-state index is 0.0295. The maximum Gasteiger partial charge on any atom is 0.255 e. The van der Waals surface area contributed by atoms with Crippen molar-refractivity contribution in [3.8, 4) is 0 Å². The summed E-state index contributed by atoms with van der Waals surface area (Å²) >= 11 is 0. The number of rotatable bonds is 3. The van der Waals surface area contributed by atoms with Crippen LogP contribution in [0.1, 0.15) is 28.3 Å². The Morgan fingerprint density at radius 1 is 0.759 bits per heavy atom. The molecule has 1 atom stereocenters. The monoisotopic (exact) mass is 384 g/mol. The summed E-state index contributed by atoms with van der Waals surface area (Å²) in [5.41, 5.74) is 5.46. The van der Waals surface area contributed by atoms with Gasteiger partial charge in [-0.25, -0.2) is 0 Å². The number of aryl methyl sites for hydroxylation is 3. The van der Waals surface area contributed by atoms with Crippen molar-refractivity contribution in [2.24, 2.45) is 0 Å². The molecule has 0 bridgehead atoms. The number of piperazine rings is 1. The van der Waals surface area contributed by atoms with Crippen molar-refractivity contribution in [2.45, 2.75) is 26.8 Å². The van der Waals surface area contributed by atoms with E-state index in [-0.39, 0.29) is 18.4 Å². The van der Waals surface area contributed by atoms with Gasteiger partial charge in [0.25, 0.3) is 5.91 Å². The SMILES string of the molecule is Cc1ccc(N2C(=O)CN(c3c(C)cccc3C)C(=O)[C@H]2c2ccccc2)cc1. The second-order valence-electron chi connectivity index (χ2n) is 7.58. The molecule has 1 aliphatic rings. The fraction of sp³-hybridized carbons (Fsp3) is 0.200. The molecule has 4 rings (SSSR count). The molecule has 1 fully saturated rings. The number of para-hydroxylation sites is 1. The number of carbonyl (C=O) groups is 2. The van der Waals surface area contributed by atoms with Crippen LogP contribution in [0.25, 0.3) is 0 Å². The fourth-order valence-corrected chi connectivity index (χ4v) is 4.04. The average Bonchev–Trinajstić information content (AvgIpc) is 2.71. The van der Waals surface area contributed by atoms with E-state index in [2.05, 4.69) is 0 Å². The van der Waals surface area contributed by atoms with Crippen molar-refractivity contribution in [1.29, 1.82) is 0 Å². The molecule has 4 nitrogen and oxygen atoms in total. The molecule has 146 valence electrons. The molecular formula is C25H24N2O2. The lowest BCUT2D eigenvalue weighted by Gasteiger charge is -2.41. The minimum Gasteiger partial charge on any atom is -0.300 e. The average molecular weight is 384 g/mol. The molecule has 0 aliphatic carbocycles. The molecule has 1 saturated heterocycles. The number of nitrogens with zero attached hydrogens (tertiary/aromatic N) is 2. The van der Waals surface area contributed by atoms with Crippen LogP contribution in [0.5, 0.6) is 0 Å². The van der Waals surface area contributed by atoms with E-state index in [0.29, 0.717) is 0 Å². The van der Waals surface area contributed by atoms with Crippen LogP contribution in [0, 0.1) is 20.8 Å². The number of hydrogen-bond acceptors (Lipinski definition) is 2. The zero-order valence-electron chi connectivity index (χ0n) is 16.9. The van der Waals surface area contributed by atoms with Gasteiger partial charge in [0.1, 0.15) is 12.6 Å². The smallest absolute Gasteiger partial charge is 0.255 e. The first-order chi connectivity index (χ1) is 14.0. The molecule has 0 aromatic heterocycles. The van der Waals surface area contributed by atoms with Gasteiger partial charge < -0.3 is 4.90 Å². The first-order valence-corrected chi connectivity index (χ1v) is 9.78. The summed E-state index contributed by atoms with van der Waals surface area (Å²) in [6.07, 6.45) is 0. The Hall–Kier alpha value is -3.40. The van der Waals surface area contributed by atoms with Gasteiger partial charge in [0.2, 0.25) is 5.91 Å². The maximum atomic E-state index is 13.8. The van der Waals surface area contributed by atoms with Crippen molar-refractivity contribution in [3.05, 3.63) is 95.1 Å². The molecule has 4 heteroatoms. The molecular weight excluding hydrogens is 360 g/mol. The molecule has 3 aromatic rings. The van der Waals surface area contributed by atoms with Crippen LogP contribution in [0.2, 0.25) is 0 Å². The lowest BCUT2D eigenvalue weighted by atomic mass is 9.98. The molecule has 1 aliphatic heterocycles. The Morgan fingerprint density at radius 3 is 2.00 bits per heavy atom. The van der Waals surface area contributed by atoms with E-state index in [9.17, 15) is 9.59 Å². The van der Waals surface area contributed by atoms with Crippen LogP contribution in [0.3, 0.4) is 0 Å². The van der Waals surface area contributed by atoms with Crippen LogP contribution in [0.4, 0.5) is 11.4 Å². The highest BCUT2D eigenvalue weighted by molar-refractivity contribution is 6.15. The summed E-state index contributed by atoms with van der Waals surface area (Å²) in [5.74, 6) is -0.182. The lowest BCUT2D eigenvalue weighted by molar-refractivity contribution is -0.128. The summed E-state index contributed by atoms with van der Waals surface area (Å²) in [7, 11) is 0. The first-order valence-electron chi connectivity index (χ1n) is 9.78. The Labute approximate surface area is 171 Å². The predicted octanol–water partition coefficient (Wildman–Crippen LogP) is 4.73. The van der Waals surface area contributed by atoms with E-state index in [4.69, 9.17) is 0 Å². The molecule has 29 heavy (non-hydrogen) atoms. The first kappa shape index (κ1) is 18.9. The zero-order valence-corrected chi connectivity index (χ0v) is 16.9. The number of amides is 2. The van der Waals surface area contributed by atoms with Gasteiger partial charge in [-0.3, -0.25) is 14.5 Å². The van der Waals surface area contributed by atoms with Gasteiger partial charge in [0.05, 0.1) is 5.69 Å². The van der Waals surface area contributed by atoms with E-state index in [1.807, 2.05) is 93.6 Å². The highest BCUT2D eigenvalue weighted by atomic mass is 16.2. The molecule has 0 N–H and O–H groups in total. The second-order valence-corrected chi connectivity index (χ2v) is 7.58. The normalized spacial score (nSPS) is 17.0. The summed E-state index contributed by atoms with van der Waals surface area (Å²) in [6, 6.07) is 22.5. The zero-order chi connectivity index (χ0) is 20.5. The summed E-state index contributed by atoms with van der Waals surface area (Å²) < 4.78 is 0. The number of benzene rings is 3. The molecule has 0 radical (unpaired) electrons. The van der Waals surface area contributed by atoms with E-state index in [1.54, 1.807) is 9.80 Å². The Balaban J connectivity index is 1.84. The Kier molecular flexibility index (Phi) is 4.93. The van der Waals surface area contributed by atoms with Gasteiger partial charge in [-0.1, -0.05) is 66.2 Å². The van der Waals surface area contributed by atoms with Crippen LogP contribution >= 0.6 is 0 Å². The maximum absolute atomic E-state index is 13.8. The Morgan fingerprint density at radius 2 is 1.38 bits per heavy atom. The predicted molar refractivity (Wildman–Crippen MR) is 116 cm³/mol. The second kappa shape index (κ2) is 7.55. The standard InChI is InChI=1S/C25H24N2O2/c1-17-12-14-21(15-13-17)27-22(28)16-26(23-18(2)8-7-9-19(23)3)25(29)24(27)20-10-5-4-6-11-20/h4-15,24H,16H2,1-3H3/t24-/m1/s1. The number of anilines is 2. The topological polar surface area (TPSA) is 40.6 Å². The van der Waals surface area contributed by atoms with Crippen LogP contribution in [-0.4, -0.2) is 18.4 Å². The van der Waals surface area contributed by atoms with Crippen molar-refractivity contribution in [2.75, 3.05) is 16.3 Å². The van der Waals surface area contributed by atoms with Gasteiger partial charge in [-0.05, 0) is 49.6 Å². The third-order valence-corrected chi connectivity index (χ3v) is 5.46. The third kappa shape index (κ3) is 3.42. The van der Waals surface area contributed by atoms with E-state index >= 15 is 0 Å². The molecule has 0 unspecified atom stereocenters. The van der Waals surface area contributed by atoms with Gasteiger partial charge in [0.15, 0.2) is 0 Å². The molecule has 0 spiro atoms. The van der Waals surface area contributed by atoms with Gasteiger partial charge in [-0.15, -0.1) is 0 Å². The highest BCUT2D eigenvalue weighted by Gasteiger charge is 2.42. The van der Waals surface area contributed by atoms with Gasteiger partial charge >= 0.3 is 0 Å². The van der Waals surface area contributed by atoms with Crippen molar-refractivity contribution < 1.29 is 9.59 Å².